The summed E-state index contributed by atoms with van der Waals surface area (Å²) in [6.07, 6.45) is -1.89. The van der Waals surface area contributed by atoms with Crippen molar-refractivity contribution in [3.8, 4) is 0 Å². The number of hydrogen-bond donors (Lipinski definition) is 9. The summed E-state index contributed by atoms with van der Waals surface area (Å²) in [4.78, 5) is 32.8. The Morgan fingerprint density at radius 2 is 0.784 bits per heavy atom. The average Bonchev–Trinajstić information content (AvgIpc) is 3.62. The first-order chi connectivity index (χ1) is 42.6. The number of ether oxygens (including phenoxy) is 9. The minimum atomic E-state index is -1.02. The molecule has 1 saturated carbocycles. The van der Waals surface area contributed by atoms with Gasteiger partial charge in [-0.15, -0.1) is 0 Å². The number of benzene rings is 5. The maximum Gasteiger partial charge on any atom is 0.333 e. The van der Waals surface area contributed by atoms with Crippen LogP contribution in [0.1, 0.15) is 79.7 Å². The molecule has 9 unspecified atom stereocenters. The molecule has 0 amide bonds. The zero-order chi connectivity index (χ0) is 63.0. The summed E-state index contributed by atoms with van der Waals surface area (Å²) >= 11 is 0. The Morgan fingerprint density at radius 3 is 1.16 bits per heavy atom. The largest absolute Gasteiger partial charge is 0.481 e. The molecule has 4 aliphatic heterocycles. The van der Waals surface area contributed by atoms with Gasteiger partial charge in [-0.3, -0.25) is 4.79 Å². The summed E-state index contributed by atoms with van der Waals surface area (Å²) in [5.41, 5.74) is 5.27. The van der Waals surface area contributed by atoms with Gasteiger partial charge in [-0.1, -0.05) is 165 Å². The van der Waals surface area contributed by atoms with Gasteiger partial charge in [0.2, 0.25) is 0 Å². The molecule has 10 rings (SSSR count). The minimum absolute atomic E-state index is 0.00355. The molecule has 0 aromatic heterocycles. The Hall–Kier alpha value is -6.09. The highest BCUT2D eigenvalue weighted by molar-refractivity contribution is 5.73. The molecule has 0 radical (unpaired) electrons. The zero-order valence-corrected chi connectivity index (χ0v) is 49.7. The van der Waals surface area contributed by atoms with E-state index < -0.39 is 72.7 Å². The van der Waals surface area contributed by atoms with E-state index in [1.165, 1.54) is 0 Å². The molecule has 482 valence electrons. The lowest BCUT2D eigenvalue weighted by molar-refractivity contribution is -0.194. The second-order valence-corrected chi connectivity index (χ2v) is 22.3. The molecule has 5 aliphatic rings. The van der Waals surface area contributed by atoms with Crippen LogP contribution in [0.25, 0.3) is 0 Å². The smallest absolute Gasteiger partial charge is 0.333 e. The fourth-order valence-corrected chi connectivity index (χ4v) is 10.3. The van der Waals surface area contributed by atoms with Crippen molar-refractivity contribution in [1.29, 1.82) is 0 Å². The van der Waals surface area contributed by atoms with Crippen LogP contribution in [-0.2, 0) is 90.0 Å². The van der Waals surface area contributed by atoms with Crippen molar-refractivity contribution in [1.82, 2.24) is 0 Å². The van der Waals surface area contributed by atoms with Crippen LogP contribution in [0.3, 0.4) is 0 Å². The maximum atomic E-state index is 11.0. The zero-order valence-electron chi connectivity index (χ0n) is 49.7. The number of rotatable bonds is 20. The summed E-state index contributed by atoms with van der Waals surface area (Å²) < 4.78 is 49.0. The maximum absolute atomic E-state index is 11.0. The Bertz CT molecular complexity index is 2610. The molecule has 5 fully saturated rings. The molecule has 4 saturated heterocycles. The van der Waals surface area contributed by atoms with Gasteiger partial charge in [-0.2, -0.15) is 0 Å². The topological polar surface area (TPSA) is 316 Å². The van der Waals surface area contributed by atoms with Crippen molar-refractivity contribution < 1.29 is 103 Å². The van der Waals surface area contributed by atoms with Gasteiger partial charge >= 0.3 is 17.9 Å². The van der Waals surface area contributed by atoms with Gasteiger partial charge in [-0.05, 0) is 47.1 Å². The molecule has 1 aliphatic carbocycles. The second-order valence-electron chi connectivity index (χ2n) is 22.3. The van der Waals surface area contributed by atoms with Crippen LogP contribution in [0, 0.1) is 11.8 Å². The van der Waals surface area contributed by atoms with E-state index in [9.17, 15) is 34.8 Å². The molecule has 21 heteroatoms. The molecule has 5 aromatic rings. The summed E-state index contributed by atoms with van der Waals surface area (Å²) in [6.45, 7) is 4.33. The van der Waals surface area contributed by atoms with Crippen molar-refractivity contribution in [3.05, 3.63) is 179 Å². The van der Waals surface area contributed by atoms with Crippen LogP contribution in [-0.4, -0.2) is 183 Å². The van der Waals surface area contributed by atoms with Gasteiger partial charge in [0.05, 0.1) is 121 Å². The lowest BCUT2D eigenvalue weighted by atomic mass is 9.87. The molecule has 0 bridgehead atoms. The van der Waals surface area contributed by atoms with Gasteiger partial charge in [-0.25, -0.2) is 9.59 Å². The lowest BCUT2D eigenvalue weighted by Crippen LogP contribution is -2.51. The van der Waals surface area contributed by atoms with E-state index in [0.717, 1.165) is 47.1 Å². The number of hydrogen-bond acceptors (Lipinski definition) is 18. The molecular formula is C67H88O21. The number of carbonyl (C=O) groups is 3. The van der Waals surface area contributed by atoms with E-state index in [4.69, 9.17) is 68.2 Å². The summed E-state index contributed by atoms with van der Waals surface area (Å²) in [7, 11) is 0. The Labute approximate surface area is 514 Å². The SMILES string of the molecule is C[C@@H]1C(C(=O)O)OCC(O)[C@@H]1OCc1ccccc1.O=C(O)C1CCC[C@H](OCc2ccccc2)C1.O=C(O)C1C[C@@H](OCc2ccccc2)C(O)CO1.OCC1C[C@@H](OCc2ccccc2)C(O)CO1.OCC1C[C@@H](OCc2ccccc2)C(O)CO1. The summed E-state index contributed by atoms with van der Waals surface area (Å²) in [6, 6.07) is 48.8. The highest BCUT2D eigenvalue weighted by atomic mass is 16.6. The van der Waals surface area contributed by atoms with Crippen molar-refractivity contribution >= 4 is 17.9 Å². The Balaban J connectivity index is 0.000000176. The van der Waals surface area contributed by atoms with Gasteiger partial charge in [0.25, 0.3) is 0 Å². The van der Waals surface area contributed by atoms with Crippen LogP contribution < -0.4 is 0 Å². The first kappa shape index (κ1) is 71.0. The summed E-state index contributed by atoms with van der Waals surface area (Å²) in [5.74, 6) is -3.34. The highest BCUT2D eigenvalue weighted by Gasteiger charge is 2.41. The normalized spacial score (nSPS) is 28.4. The molecular weight excluding hydrogens is 1140 g/mol. The number of carboxylic acids is 3. The van der Waals surface area contributed by atoms with E-state index in [1.54, 1.807) is 6.92 Å². The van der Waals surface area contributed by atoms with Gasteiger partial charge in [0.1, 0.15) is 24.4 Å². The van der Waals surface area contributed by atoms with Gasteiger partial charge in [0, 0.05) is 25.2 Å². The van der Waals surface area contributed by atoms with Crippen molar-refractivity contribution in [3.63, 3.8) is 0 Å². The fourth-order valence-electron chi connectivity index (χ4n) is 10.3. The van der Waals surface area contributed by atoms with E-state index in [0.29, 0.717) is 52.3 Å². The molecule has 5 aromatic carbocycles. The van der Waals surface area contributed by atoms with Crippen LogP contribution in [0.15, 0.2) is 152 Å². The number of aliphatic hydroxyl groups excluding tert-OH is 6. The first-order valence-corrected chi connectivity index (χ1v) is 30.0. The van der Waals surface area contributed by atoms with Crippen LogP contribution in [0.2, 0.25) is 0 Å². The standard InChI is InChI=1S/C14H18O5.C14H18O3.C13H16O5.2C13H18O4/c1-9-12(11(15)8-19-13(9)14(16)17)18-7-10-5-3-2-4-6-10;15-14(16)12-7-4-8-13(9-12)17-10-11-5-2-1-3-6-11;14-10-8-18-12(13(15)16)6-11(10)17-7-9-4-2-1-3-5-9;2*14-7-11-6-13(12(15)9-16-11)17-8-10-4-2-1-3-5-10/h2-6,9,11-13,15H,7-8H2,1H3,(H,16,17);1-3,5-6,12-13H,4,7-10H2,(H,15,16);1-5,10-12,14H,6-8H2,(H,15,16);2*1-5,11-15H,6-9H2/t9-,11?,12+,13?;12?,13-;10?,11-,12?;2*11?,12?,13-/m00111/s1. The van der Waals surface area contributed by atoms with Crippen molar-refractivity contribution in [2.24, 2.45) is 11.8 Å². The van der Waals surface area contributed by atoms with E-state index in [-0.39, 0.29) is 82.5 Å². The number of carboxylic acid groups (broad SMARTS) is 3. The number of aliphatic hydroxyl groups is 6. The second kappa shape index (κ2) is 39.1. The van der Waals surface area contributed by atoms with Crippen LogP contribution in [0.4, 0.5) is 0 Å². The van der Waals surface area contributed by atoms with E-state index in [2.05, 4.69) is 0 Å². The minimum Gasteiger partial charge on any atom is -0.481 e. The molecule has 9 N–H and O–H groups in total. The molecule has 88 heavy (non-hydrogen) atoms. The van der Waals surface area contributed by atoms with E-state index in [1.807, 2.05) is 152 Å². The van der Waals surface area contributed by atoms with Crippen LogP contribution in [0.5, 0.6) is 0 Å². The Kier molecular flexibility index (Phi) is 31.6. The average molecular weight is 1230 g/mol. The van der Waals surface area contributed by atoms with Crippen molar-refractivity contribution in [2.45, 2.75) is 164 Å². The quantitative estimate of drug-likeness (QED) is 0.0423. The summed E-state index contributed by atoms with van der Waals surface area (Å²) in [5, 5.41) is 84.0. The predicted molar refractivity (Wildman–Crippen MR) is 320 cm³/mol. The number of aliphatic carboxylic acids is 3. The molecule has 0 spiro atoms. The first-order valence-electron chi connectivity index (χ1n) is 30.0. The molecule has 15 atom stereocenters. The molecule has 21 nitrogen and oxygen atoms in total. The predicted octanol–water partition coefficient (Wildman–Crippen LogP) is 6.13. The lowest BCUT2D eigenvalue weighted by Gasteiger charge is -2.37. The van der Waals surface area contributed by atoms with Gasteiger partial charge < -0.3 is 88.6 Å². The third-order valence-electron chi connectivity index (χ3n) is 15.5. The highest BCUT2D eigenvalue weighted by Crippen LogP contribution is 2.29. The van der Waals surface area contributed by atoms with E-state index >= 15 is 0 Å². The van der Waals surface area contributed by atoms with Crippen LogP contribution >= 0.6 is 0 Å². The van der Waals surface area contributed by atoms with Crippen molar-refractivity contribution in [2.75, 3.05) is 39.6 Å². The monoisotopic (exact) mass is 1230 g/mol. The fraction of sp³-hybridized carbons (Fsp3) is 0.507. The third-order valence-corrected chi connectivity index (χ3v) is 15.5. The van der Waals surface area contributed by atoms with Gasteiger partial charge in [0.15, 0.2) is 12.2 Å². The Morgan fingerprint density at radius 1 is 0.420 bits per heavy atom. The molecule has 4 heterocycles. The third kappa shape index (κ3) is 25.1.